The Morgan fingerprint density at radius 1 is 0.885 bits per heavy atom. The van der Waals surface area contributed by atoms with Crippen molar-refractivity contribution in [1.82, 2.24) is 0 Å². The van der Waals surface area contributed by atoms with Crippen molar-refractivity contribution < 1.29 is 9.53 Å². The molecule has 26 heavy (non-hydrogen) atoms. The molecule has 3 aromatic rings. The van der Waals surface area contributed by atoms with Crippen LogP contribution in [0.3, 0.4) is 0 Å². The zero-order valence-electron chi connectivity index (χ0n) is 13.9. The van der Waals surface area contributed by atoms with Gasteiger partial charge in [0, 0.05) is 16.9 Å². The Morgan fingerprint density at radius 2 is 1.58 bits per heavy atom. The van der Waals surface area contributed by atoms with Crippen LogP contribution in [-0.2, 0) is 0 Å². The number of para-hydroxylation sites is 2. The van der Waals surface area contributed by atoms with E-state index in [0.29, 0.717) is 21.9 Å². The molecule has 128 valence electrons. The zero-order valence-corrected chi connectivity index (χ0v) is 14.6. The summed E-state index contributed by atoms with van der Waals surface area (Å²) >= 11 is 6.00. The number of anilines is 1. The highest BCUT2D eigenvalue weighted by molar-refractivity contribution is 6.30. The Kier molecular flexibility index (Phi) is 4.46. The van der Waals surface area contributed by atoms with Crippen molar-refractivity contribution in [2.75, 3.05) is 5.32 Å². The number of rotatable bonds is 3. The van der Waals surface area contributed by atoms with Crippen LogP contribution >= 0.6 is 11.6 Å². The number of halogens is 1. The molecule has 4 heteroatoms. The number of benzene rings is 3. The molecular weight excluding hydrogens is 346 g/mol. The van der Waals surface area contributed by atoms with Gasteiger partial charge in [-0.1, -0.05) is 54.1 Å². The standard InChI is InChI=1S/C22H16ClNO2/c23-16-12-10-15(11-13-16)22-19(14-24-17-6-2-1-3-7-17)21(25)18-8-4-5-9-20(18)26-22/h1-14,22,24H/b19-14+. The molecule has 0 bridgehead atoms. The fourth-order valence-corrected chi connectivity index (χ4v) is 3.07. The molecule has 1 aliphatic heterocycles. The average Bonchev–Trinajstić information content (AvgIpc) is 2.69. The fourth-order valence-electron chi connectivity index (χ4n) is 2.94. The highest BCUT2D eigenvalue weighted by atomic mass is 35.5. The largest absolute Gasteiger partial charge is 0.480 e. The molecule has 3 aromatic carbocycles. The van der Waals surface area contributed by atoms with Gasteiger partial charge in [-0.25, -0.2) is 0 Å². The Morgan fingerprint density at radius 3 is 2.35 bits per heavy atom. The summed E-state index contributed by atoms with van der Waals surface area (Å²) < 4.78 is 6.16. The number of carbonyl (C=O) groups is 1. The molecule has 0 radical (unpaired) electrons. The van der Waals surface area contributed by atoms with E-state index in [0.717, 1.165) is 11.3 Å². The summed E-state index contributed by atoms with van der Waals surface area (Å²) in [6, 6.07) is 24.4. The SMILES string of the molecule is O=C1/C(=C\Nc2ccccc2)C(c2ccc(Cl)cc2)Oc2ccccc21. The maximum Gasteiger partial charge on any atom is 0.198 e. The number of ketones is 1. The maximum absolute atomic E-state index is 13.1. The van der Waals surface area contributed by atoms with E-state index in [4.69, 9.17) is 16.3 Å². The summed E-state index contributed by atoms with van der Waals surface area (Å²) in [5.41, 5.74) is 2.90. The van der Waals surface area contributed by atoms with Crippen LogP contribution in [0.1, 0.15) is 22.0 Å². The van der Waals surface area contributed by atoms with Crippen molar-refractivity contribution in [2.24, 2.45) is 0 Å². The van der Waals surface area contributed by atoms with Crippen LogP contribution in [0, 0.1) is 0 Å². The monoisotopic (exact) mass is 361 g/mol. The molecule has 1 N–H and O–H groups in total. The first-order valence-electron chi connectivity index (χ1n) is 8.30. The van der Waals surface area contributed by atoms with Crippen LogP contribution in [0.15, 0.2) is 90.6 Å². The van der Waals surface area contributed by atoms with Crippen LogP contribution in [0.4, 0.5) is 5.69 Å². The molecule has 0 saturated heterocycles. The Balaban J connectivity index is 1.76. The summed E-state index contributed by atoms with van der Waals surface area (Å²) in [6.07, 6.45) is 1.23. The molecule has 0 fully saturated rings. The smallest absolute Gasteiger partial charge is 0.198 e. The van der Waals surface area contributed by atoms with E-state index in [1.807, 2.05) is 60.7 Å². The molecule has 1 atom stereocenters. The minimum atomic E-state index is -0.495. The Hall–Kier alpha value is -3.04. The van der Waals surface area contributed by atoms with Gasteiger partial charge < -0.3 is 10.1 Å². The number of fused-ring (bicyclic) bond motifs is 1. The first-order chi connectivity index (χ1) is 12.7. The lowest BCUT2D eigenvalue weighted by molar-refractivity contribution is 0.0961. The van der Waals surface area contributed by atoms with Gasteiger partial charge in [-0.3, -0.25) is 4.79 Å². The van der Waals surface area contributed by atoms with E-state index in [1.165, 1.54) is 0 Å². The van der Waals surface area contributed by atoms with E-state index in [2.05, 4.69) is 5.32 Å². The van der Waals surface area contributed by atoms with Gasteiger partial charge in [0.2, 0.25) is 0 Å². The molecule has 0 saturated carbocycles. The topological polar surface area (TPSA) is 38.3 Å². The van der Waals surface area contributed by atoms with Crippen LogP contribution in [0.5, 0.6) is 5.75 Å². The van der Waals surface area contributed by atoms with Crippen LogP contribution in [-0.4, -0.2) is 5.78 Å². The summed E-state index contributed by atoms with van der Waals surface area (Å²) in [4.78, 5) is 13.1. The molecule has 0 amide bonds. The van der Waals surface area contributed by atoms with Gasteiger partial charge in [-0.05, 0) is 42.0 Å². The zero-order chi connectivity index (χ0) is 17.9. The number of Topliss-reactive ketones (excluding diaryl/α,β-unsaturated/α-hetero) is 1. The molecule has 4 rings (SSSR count). The average molecular weight is 362 g/mol. The number of nitrogens with one attached hydrogen (secondary N) is 1. The van der Waals surface area contributed by atoms with Crippen LogP contribution in [0.2, 0.25) is 5.02 Å². The fraction of sp³-hybridized carbons (Fsp3) is 0.0455. The van der Waals surface area contributed by atoms with E-state index >= 15 is 0 Å². The Labute approximate surface area is 156 Å². The third-order valence-corrected chi connectivity index (χ3v) is 4.51. The lowest BCUT2D eigenvalue weighted by Crippen LogP contribution is -2.24. The van der Waals surface area contributed by atoms with Crippen molar-refractivity contribution in [1.29, 1.82) is 0 Å². The molecule has 1 aliphatic rings. The number of hydrogen-bond donors (Lipinski definition) is 1. The minimum Gasteiger partial charge on any atom is -0.480 e. The second kappa shape index (κ2) is 7.06. The number of hydrogen-bond acceptors (Lipinski definition) is 3. The van der Waals surface area contributed by atoms with E-state index in [1.54, 1.807) is 24.4 Å². The molecule has 1 unspecified atom stereocenters. The van der Waals surface area contributed by atoms with Gasteiger partial charge in [0.15, 0.2) is 11.9 Å². The molecule has 3 nitrogen and oxygen atoms in total. The number of ether oxygens (including phenoxy) is 1. The van der Waals surface area contributed by atoms with E-state index in [9.17, 15) is 4.79 Å². The normalized spacial score (nSPS) is 17.5. The van der Waals surface area contributed by atoms with Crippen molar-refractivity contribution in [3.05, 3.63) is 107 Å². The first kappa shape index (κ1) is 16.4. The van der Waals surface area contributed by atoms with Gasteiger partial charge >= 0.3 is 0 Å². The molecular formula is C22H16ClNO2. The predicted molar refractivity (Wildman–Crippen MR) is 104 cm³/mol. The summed E-state index contributed by atoms with van der Waals surface area (Å²) in [5, 5.41) is 3.84. The molecule has 0 aromatic heterocycles. The molecule has 0 spiro atoms. The highest BCUT2D eigenvalue weighted by Crippen LogP contribution is 2.38. The van der Waals surface area contributed by atoms with Crippen molar-refractivity contribution in [2.45, 2.75) is 6.10 Å². The van der Waals surface area contributed by atoms with Crippen molar-refractivity contribution in [3.63, 3.8) is 0 Å². The predicted octanol–water partition coefficient (Wildman–Crippen LogP) is 5.65. The summed E-state index contributed by atoms with van der Waals surface area (Å²) in [7, 11) is 0. The molecule has 1 heterocycles. The van der Waals surface area contributed by atoms with Crippen molar-refractivity contribution >= 4 is 23.1 Å². The van der Waals surface area contributed by atoms with Gasteiger partial charge in [0.05, 0.1) is 11.1 Å². The lowest BCUT2D eigenvalue weighted by Gasteiger charge is -2.28. The summed E-state index contributed by atoms with van der Waals surface area (Å²) in [5.74, 6) is 0.546. The quantitative estimate of drug-likeness (QED) is 0.612. The third kappa shape index (κ3) is 3.22. The second-order valence-corrected chi connectivity index (χ2v) is 6.42. The van der Waals surface area contributed by atoms with E-state index < -0.39 is 6.10 Å². The first-order valence-corrected chi connectivity index (χ1v) is 8.67. The summed E-state index contributed by atoms with van der Waals surface area (Å²) in [6.45, 7) is 0. The van der Waals surface area contributed by atoms with Gasteiger partial charge in [0.25, 0.3) is 0 Å². The lowest BCUT2D eigenvalue weighted by atomic mass is 9.91. The molecule has 0 aliphatic carbocycles. The van der Waals surface area contributed by atoms with Crippen LogP contribution < -0.4 is 10.1 Å². The maximum atomic E-state index is 13.1. The van der Waals surface area contributed by atoms with Crippen molar-refractivity contribution in [3.8, 4) is 5.75 Å². The van der Waals surface area contributed by atoms with Crippen LogP contribution in [0.25, 0.3) is 0 Å². The Bertz CT molecular complexity index is 965. The third-order valence-electron chi connectivity index (χ3n) is 4.26. The van der Waals surface area contributed by atoms with Gasteiger partial charge in [-0.15, -0.1) is 0 Å². The van der Waals surface area contributed by atoms with Gasteiger partial charge in [-0.2, -0.15) is 0 Å². The van der Waals surface area contributed by atoms with Gasteiger partial charge in [0.1, 0.15) is 5.75 Å². The number of carbonyl (C=O) groups excluding carboxylic acids is 1. The second-order valence-electron chi connectivity index (χ2n) is 5.98. The minimum absolute atomic E-state index is 0.0461. The highest BCUT2D eigenvalue weighted by Gasteiger charge is 2.32. The van der Waals surface area contributed by atoms with E-state index in [-0.39, 0.29) is 5.78 Å².